The lowest BCUT2D eigenvalue weighted by Crippen LogP contribution is -2.52. The molecule has 4 aliphatic rings. The molecule has 3 fully saturated rings. The van der Waals surface area contributed by atoms with Gasteiger partial charge in [0, 0.05) is 37.7 Å². The summed E-state index contributed by atoms with van der Waals surface area (Å²) in [6.07, 6.45) is 7.11. The zero-order valence-corrected chi connectivity index (χ0v) is 17.3. The lowest BCUT2D eigenvalue weighted by atomic mass is 9.76. The van der Waals surface area contributed by atoms with Gasteiger partial charge in [0.15, 0.2) is 0 Å². The minimum absolute atomic E-state index is 0.104. The Morgan fingerprint density at radius 1 is 1.13 bits per heavy atom. The SMILES string of the molecule is O=C1CCC(N2Cc3ccc(CNCC45CCCNC4CCC5)cc3C2=O)C(=O)N1. The van der Waals surface area contributed by atoms with Gasteiger partial charge in [-0.05, 0) is 61.3 Å². The highest BCUT2D eigenvalue weighted by Crippen LogP contribution is 2.43. The molecule has 1 aliphatic carbocycles. The fourth-order valence-electron chi connectivity index (χ4n) is 5.94. The molecule has 3 unspecified atom stereocenters. The summed E-state index contributed by atoms with van der Waals surface area (Å²) in [5, 5.41) is 9.72. The highest BCUT2D eigenvalue weighted by molar-refractivity contribution is 6.05. The van der Waals surface area contributed by atoms with E-state index in [9.17, 15) is 14.4 Å². The number of nitrogens with zero attached hydrogens (tertiary/aromatic N) is 1. The van der Waals surface area contributed by atoms with E-state index in [0.29, 0.717) is 30.0 Å². The lowest BCUT2D eigenvalue weighted by Gasteiger charge is -2.40. The first-order valence-corrected chi connectivity index (χ1v) is 11.3. The second-order valence-electron chi connectivity index (χ2n) is 9.36. The third kappa shape index (κ3) is 3.44. The molecular formula is C23H30N4O3. The van der Waals surface area contributed by atoms with Gasteiger partial charge in [-0.2, -0.15) is 0 Å². The van der Waals surface area contributed by atoms with Crippen molar-refractivity contribution in [3.8, 4) is 0 Å². The van der Waals surface area contributed by atoms with Crippen molar-refractivity contribution < 1.29 is 14.4 Å². The third-order valence-corrected chi connectivity index (χ3v) is 7.55. The van der Waals surface area contributed by atoms with Crippen LogP contribution in [0.2, 0.25) is 0 Å². The zero-order chi connectivity index (χ0) is 20.7. The van der Waals surface area contributed by atoms with Crippen molar-refractivity contribution >= 4 is 17.7 Å². The number of imide groups is 1. The molecule has 3 N–H and O–H groups in total. The van der Waals surface area contributed by atoms with Gasteiger partial charge in [-0.25, -0.2) is 0 Å². The number of benzene rings is 1. The molecule has 3 atom stereocenters. The van der Waals surface area contributed by atoms with E-state index in [1.54, 1.807) is 4.90 Å². The molecule has 3 amide bonds. The van der Waals surface area contributed by atoms with Crippen LogP contribution >= 0.6 is 0 Å². The second-order valence-corrected chi connectivity index (χ2v) is 9.36. The Kier molecular flexibility index (Phi) is 5.11. The molecule has 1 aromatic carbocycles. The summed E-state index contributed by atoms with van der Waals surface area (Å²) in [4.78, 5) is 38.2. The number of piperidine rings is 2. The first-order chi connectivity index (χ1) is 14.6. The first-order valence-electron chi connectivity index (χ1n) is 11.3. The highest BCUT2D eigenvalue weighted by Gasteiger charge is 2.43. The first kappa shape index (κ1) is 19.7. The van der Waals surface area contributed by atoms with Crippen molar-refractivity contribution in [2.75, 3.05) is 13.1 Å². The smallest absolute Gasteiger partial charge is 0.255 e. The molecular weight excluding hydrogens is 380 g/mol. The lowest BCUT2D eigenvalue weighted by molar-refractivity contribution is -0.136. The Bertz CT molecular complexity index is 885. The maximum Gasteiger partial charge on any atom is 0.255 e. The van der Waals surface area contributed by atoms with Crippen molar-refractivity contribution in [2.24, 2.45) is 5.41 Å². The van der Waals surface area contributed by atoms with Crippen LogP contribution in [0.25, 0.3) is 0 Å². The number of hydrogen-bond acceptors (Lipinski definition) is 5. The Hall–Kier alpha value is -2.25. The number of fused-ring (bicyclic) bond motifs is 2. The van der Waals surface area contributed by atoms with Crippen LogP contribution in [0.5, 0.6) is 0 Å². The van der Waals surface area contributed by atoms with Crippen LogP contribution in [0.15, 0.2) is 18.2 Å². The van der Waals surface area contributed by atoms with Crippen LogP contribution in [0.4, 0.5) is 0 Å². The fourth-order valence-corrected chi connectivity index (χ4v) is 5.94. The number of amides is 3. The summed E-state index contributed by atoms with van der Waals surface area (Å²) in [5.41, 5.74) is 3.13. The molecule has 0 aromatic heterocycles. The standard InChI is InChI=1S/C23H30N4O3/c28-20-7-6-18(21(29)26-20)27-13-16-5-4-15(11-17(16)22(27)30)12-24-14-23-8-1-3-19(23)25-10-2-9-23/h4-5,11,18-19,24-25H,1-3,6-10,12-14H2,(H,26,28,29). The minimum Gasteiger partial charge on any atom is -0.322 e. The van der Waals surface area contributed by atoms with Crippen molar-refractivity contribution in [1.29, 1.82) is 0 Å². The molecule has 5 rings (SSSR count). The fraction of sp³-hybridized carbons (Fsp3) is 0.609. The van der Waals surface area contributed by atoms with Gasteiger partial charge < -0.3 is 15.5 Å². The van der Waals surface area contributed by atoms with Crippen molar-refractivity contribution in [3.63, 3.8) is 0 Å². The van der Waals surface area contributed by atoms with Gasteiger partial charge in [0.2, 0.25) is 11.8 Å². The summed E-state index contributed by atoms with van der Waals surface area (Å²) < 4.78 is 0. The van der Waals surface area contributed by atoms with Gasteiger partial charge in [0.05, 0.1) is 0 Å². The molecule has 3 aliphatic heterocycles. The van der Waals surface area contributed by atoms with Crippen LogP contribution < -0.4 is 16.0 Å². The van der Waals surface area contributed by atoms with Crippen LogP contribution in [0.1, 0.15) is 66.4 Å². The monoisotopic (exact) mass is 410 g/mol. The topological polar surface area (TPSA) is 90.5 Å². The molecule has 30 heavy (non-hydrogen) atoms. The maximum atomic E-state index is 13.0. The molecule has 0 bridgehead atoms. The van der Waals surface area contributed by atoms with E-state index < -0.39 is 6.04 Å². The minimum atomic E-state index is -0.554. The number of nitrogens with one attached hydrogen (secondary N) is 3. The van der Waals surface area contributed by atoms with Crippen LogP contribution in [0.3, 0.4) is 0 Å². The quantitative estimate of drug-likeness (QED) is 0.640. The van der Waals surface area contributed by atoms with Gasteiger partial charge in [-0.1, -0.05) is 18.6 Å². The van der Waals surface area contributed by atoms with E-state index in [2.05, 4.69) is 22.0 Å². The molecule has 3 heterocycles. The number of rotatable bonds is 5. The van der Waals surface area contributed by atoms with Crippen LogP contribution in [-0.2, 0) is 22.7 Å². The Morgan fingerprint density at radius 2 is 2.00 bits per heavy atom. The van der Waals surface area contributed by atoms with E-state index >= 15 is 0 Å². The average Bonchev–Trinajstić information content (AvgIpc) is 3.30. The van der Waals surface area contributed by atoms with Gasteiger partial charge >= 0.3 is 0 Å². The molecule has 0 radical (unpaired) electrons. The predicted octanol–water partition coefficient (Wildman–Crippen LogP) is 1.46. The summed E-state index contributed by atoms with van der Waals surface area (Å²) in [5.74, 6) is -0.723. The second kappa shape index (κ2) is 7.78. The van der Waals surface area contributed by atoms with E-state index in [1.807, 2.05) is 12.1 Å². The van der Waals surface area contributed by atoms with E-state index in [-0.39, 0.29) is 24.1 Å². The summed E-state index contributed by atoms with van der Waals surface area (Å²) in [6.45, 7) is 3.33. The number of carbonyl (C=O) groups is 3. The normalized spacial score (nSPS) is 30.9. The van der Waals surface area contributed by atoms with Crippen molar-refractivity contribution in [2.45, 2.75) is 70.1 Å². The Labute approximate surface area is 177 Å². The molecule has 1 aromatic rings. The van der Waals surface area contributed by atoms with E-state index in [4.69, 9.17) is 0 Å². The Morgan fingerprint density at radius 3 is 2.87 bits per heavy atom. The number of hydrogen-bond donors (Lipinski definition) is 3. The van der Waals surface area contributed by atoms with Crippen LogP contribution in [0, 0.1) is 5.41 Å². The number of carbonyl (C=O) groups excluding carboxylic acids is 3. The van der Waals surface area contributed by atoms with Crippen molar-refractivity contribution in [1.82, 2.24) is 20.9 Å². The average molecular weight is 411 g/mol. The molecule has 7 nitrogen and oxygen atoms in total. The van der Waals surface area contributed by atoms with Crippen molar-refractivity contribution in [3.05, 3.63) is 34.9 Å². The highest BCUT2D eigenvalue weighted by atomic mass is 16.2. The molecule has 7 heteroatoms. The zero-order valence-electron chi connectivity index (χ0n) is 17.3. The largest absolute Gasteiger partial charge is 0.322 e. The summed E-state index contributed by atoms with van der Waals surface area (Å²) in [7, 11) is 0. The summed E-state index contributed by atoms with van der Waals surface area (Å²) >= 11 is 0. The van der Waals surface area contributed by atoms with E-state index in [1.165, 1.54) is 32.1 Å². The van der Waals surface area contributed by atoms with Gasteiger partial charge in [0.1, 0.15) is 6.04 Å². The molecule has 1 saturated carbocycles. The molecule has 2 saturated heterocycles. The molecule has 160 valence electrons. The van der Waals surface area contributed by atoms with Gasteiger partial charge in [0.25, 0.3) is 5.91 Å². The van der Waals surface area contributed by atoms with E-state index in [0.717, 1.165) is 30.8 Å². The van der Waals surface area contributed by atoms with Crippen LogP contribution in [-0.4, -0.2) is 47.8 Å². The third-order valence-electron chi connectivity index (χ3n) is 7.55. The summed E-state index contributed by atoms with van der Waals surface area (Å²) in [6, 6.07) is 6.15. The Balaban J connectivity index is 1.23. The molecule has 0 spiro atoms. The van der Waals surface area contributed by atoms with Gasteiger partial charge in [-0.3, -0.25) is 19.7 Å². The predicted molar refractivity (Wildman–Crippen MR) is 112 cm³/mol. The van der Waals surface area contributed by atoms with Gasteiger partial charge in [-0.15, -0.1) is 0 Å². The maximum absolute atomic E-state index is 13.0.